The van der Waals surface area contributed by atoms with Crippen LogP contribution in [0.2, 0.25) is 0 Å². The number of benzene rings is 12. The van der Waals surface area contributed by atoms with Gasteiger partial charge in [0, 0.05) is 28.1 Å². The van der Waals surface area contributed by atoms with E-state index >= 15 is 0 Å². The van der Waals surface area contributed by atoms with Crippen LogP contribution in [0.3, 0.4) is 0 Å². The molecule has 2 heteroatoms. The first-order valence-corrected chi connectivity index (χ1v) is 22.0. The van der Waals surface area contributed by atoms with Gasteiger partial charge >= 0.3 is 0 Å². The maximum atomic E-state index is 3.79. The summed E-state index contributed by atoms with van der Waals surface area (Å²) in [6.45, 7) is 0. The van der Waals surface area contributed by atoms with Gasteiger partial charge in [-0.15, -0.1) is 0 Å². The minimum absolute atomic E-state index is 1.04. The molecule has 0 spiro atoms. The molecule has 1 N–H and O–H groups in total. The quantitative estimate of drug-likeness (QED) is 0.154. The van der Waals surface area contributed by atoms with Crippen LogP contribution in [0.1, 0.15) is 0 Å². The molecule has 0 saturated heterocycles. The van der Waals surface area contributed by atoms with Crippen molar-refractivity contribution in [3.8, 4) is 33.4 Å². The van der Waals surface area contributed by atoms with Gasteiger partial charge in [-0.3, -0.25) is 0 Å². The molecule has 12 rings (SSSR count). The maximum absolute atomic E-state index is 3.79. The van der Waals surface area contributed by atoms with Crippen LogP contribution in [-0.4, -0.2) is 0 Å². The van der Waals surface area contributed by atoms with E-state index in [4.69, 9.17) is 0 Å². The van der Waals surface area contributed by atoms with Crippen molar-refractivity contribution >= 4 is 82.3 Å². The van der Waals surface area contributed by atoms with E-state index < -0.39 is 0 Å². The molecule has 0 aliphatic carbocycles. The van der Waals surface area contributed by atoms with Crippen molar-refractivity contribution < 1.29 is 0 Å². The van der Waals surface area contributed by atoms with Crippen LogP contribution in [0.25, 0.3) is 87.2 Å². The summed E-state index contributed by atoms with van der Waals surface area (Å²) < 4.78 is 0. The average molecular weight is 815 g/mol. The van der Waals surface area contributed by atoms with Crippen LogP contribution >= 0.6 is 0 Å². The number of hydrogen-bond donors (Lipinski definition) is 1. The Morgan fingerprint density at radius 3 is 1.45 bits per heavy atom. The highest BCUT2D eigenvalue weighted by Crippen LogP contribution is 2.48. The van der Waals surface area contributed by atoms with Crippen molar-refractivity contribution in [2.24, 2.45) is 0 Å². The Morgan fingerprint density at radius 2 is 0.719 bits per heavy atom. The molecule has 12 aromatic carbocycles. The van der Waals surface area contributed by atoms with Crippen molar-refractivity contribution in [1.29, 1.82) is 0 Å². The second-order valence-electron chi connectivity index (χ2n) is 16.6. The third-order valence-corrected chi connectivity index (χ3v) is 12.7. The van der Waals surface area contributed by atoms with Crippen molar-refractivity contribution in [2.45, 2.75) is 0 Å². The van der Waals surface area contributed by atoms with Crippen molar-refractivity contribution in [1.82, 2.24) is 0 Å². The average Bonchev–Trinajstić information content (AvgIpc) is 3.36. The molecule has 0 aromatic heterocycles. The van der Waals surface area contributed by atoms with Gasteiger partial charge in [0.2, 0.25) is 0 Å². The predicted molar refractivity (Wildman–Crippen MR) is 275 cm³/mol. The van der Waals surface area contributed by atoms with Crippen molar-refractivity contribution in [2.75, 3.05) is 10.2 Å². The van der Waals surface area contributed by atoms with E-state index in [1.807, 2.05) is 0 Å². The third kappa shape index (κ3) is 6.70. The summed E-state index contributed by atoms with van der Waals surface area (Å²) >= 11 is 0. The molecular weight excluding hydrogens is 773 g/mol. The molecule has 2 nitrogen and oxygen atoms in total. The van der Waals surface area contributed by atoms with Gasteiger partial charge in [-0.05, 0) is 136 Å². The Hall–Kier alpha value is -8.46. The van der Waals surface area contributed by atoms with E-state index in [2.05, 4.69) is 259 Å². The maximum Gasteiger partial charge on any atom is 0.0540 e. The fourth-order valence-corrected chi connectivity index (χ4v) is 9.70. The van der Waals surface area contributed by atoms with E-state index in [1.54, 1.807) is 0 Å². The van der Waals surface area contributed by atoms with Crippen LogP contribution in [0.15, 0.2) is 249 Å². The molecule has 0 fully saturated rings. The van der Waals surface area contributed by atoms with Crippen molar-refractivity contribution in [3.63, 3.8) is 0 Å². The first-order valence-electron chi connectivity index (χ1n) is 22.0. The lowest BCUT2D eigenvalue weighted by Gasteiger charge is -2.28. The lowest BCUT2D eigenvalue weighted by atomic mass is 9.85. The van der Waals surface area contributed by atoms with Gasteiger partial charge in [0.05, 0.1) is 5.69 Å². The SMILES string of the molecule is c1ccc(-c2ccc(-c3c4ccc(N(c5ccc6ccccc6c5)c5cccc6ccccc56)cc4c(-c4ccccc4)c4ccc(Nc5ccc6ccccc6c5)cc34)cc2)cc1. The summed E-state index contributed by atoms with van der Waals surface area (Å²) in [7, 11) is 0. The fourth-order valence-electron chi connectivity index (χ4n) is 9.70. The zero-order valence-electron chi connectivity index (χ0n) is 35.1. The number of fused-ring (bicyclic) bond motifs is 5. The van der Waals surface area contributed by atoms with E-state index in [9.17, 15) is 0 Å². The molecule has 0 amide bonds. The van der Waals surface area contributed by atoms with Crippen LogP contribution in [0, 0.1) is 0 Å². The second-order valence-corrected chi connectivity index (χ2v) is 16.6. The lowest BCUT2D eigenvalue weighted by Crippen LogP contribution is -2.10. The number of hydrogen-bond acceptors (Lipinski definition) is 2. The number of anilines is 5. The van der Waals surface area contributed by atoms with Gasteiger partial charge in [0.25, 0.3) is 0 Å². The fraction of sp³-hybridized carbons (Fsp3) is 0. The van der Waals surface area contributed by atoms with Crippen LogP contribution in [0.5, 0.6) is 0 Å². The molecule has 300 valence electrons. The molecule has 0 radical (unpaired) electrons. The molecule has 64 heavy (non-hydrogen) atoms. The van der Waals surface area contributed by atoms with Gasteiger partial charge in [0.1, 0.15) is 0 Å². The van der Waals surface area contributed by atoms with Crippen LogP contribution in [0.4, 0.5) is 28.4 Å². The second kappa shape index (κ2) is 15.8. The monoisotopic (exact) mass is 814 g/mol. The van der Waals surface area contributed by atoms with E-state index in [0.29, 0.717) is 0 Å². The smallest absolute Gasteiger partial charge is 0.0540 e. The normalized spacial score (nSPS) is 11.4. The highest BCUT2D eigenvalue weighted by Gasteiger charge is 2.22. The molecular formula is C62H42N2. The Morgan fingerprint density at radius 1 is 0.250 bits per heavy atom. The van der Waals surface area contributed by atoms with Gasteiger partial charge in [-0.1, -0.05) is 194 Å². The minimum Gasteiger partial charge on any atom is -0.355 e. The molecule has 0 bridgehead atoms. The van der Waals surface area contributed by atoms with Crippen LogP contribution < -0.4 is 10.2 Å². The summed E-state index contributed by atoms with van der Waals surface area (Å²) in [6, 6.07) is 90.6. The first kappa shape index (κ1) is 37.3. The standard InChI is InChI=1S/C62H42N2/c1-3-14-42(15-4-1)45-26-28-48(29-27-45)62-57-37-35-54(64(53-34-31-44-17-8-10-22-50(44)39-53)60-25-13-23-46-18-11-12-24-55(46)60)41-59(57)61(47-19-5-2-6-20-47)56-36-33-52(40-58(56)62)63-51-32-30-43-16-7-9-21-49(43)38-51/h1-41,63H. The molecule has 0 aliphatic heterocycles. The molecule has 0 unspecified atom stereocenters. The first-order chi connectivity index (χ1) is 31.7. The highest BCUT2D eigenvalue weighted by molar-refractivity contribution is 6.23. The van der Waals surface area contributed by atoms with E-state index in [-0.39, 0.29) is 0 Å². The summed E-state index contributed by atoms with van der Waals surface area (Å²) in [5.41, 5.74) is 12.6. The zero-order valence-corrected chi connectivity index (χ0v) is 35.1. The number of rotatable bonds is 8. The van der Waals surface area contributed by atoms with Gasteiger partial charge in [-0.2, -0.15) is 0 Å². The summed E-state index contributed by atoms with van der Waals surface area (Å²) in [5, 5.41) is 15.8. The Kier molecular flexibility index (Phi) is 9.20. The summed E-state index contributed by atoms with van der Waals surface area (Å²) in [5.74, 6) is 0. The molecule has 0 heterocycles. The molecule has 0 aliphatic rings. The van der Waals surface area contributed by atoms with E-state index in [1.165, 1.54) is 87.2 Å². The van der Waals surface area contributed by atoms with Crippen molar-refractivity contribution in [3.05, 3.63) is 249 Å². The Labute approximate surface area is 372 Å². The topological polar surface area (TPSA) is 15.3 Å². The van der Waals surface area contributed by atoms with Gasteiger partial charge in [0.15, 0.2) is 0 Å². The lowest BCUT2D eigenvalue weighted by molar-refractivity contribution is 1.31. The molecule has 0 atom stereocenters. The minimum atomic E-state index is 1.04. The van der Waals surface area contributed by atoms with Gasteiger partial charge < -0.3 is 10.2 Å². The number of nitrogens with one attached hydrogen (secondary N) is 1. The highest BCUT2D eigenvalue weighted by atomic mass is 15.1. The number of nitrogens with zero attached hydrogens (tertiary/aromatic N) is 1. The summed E-state index contributed by atoms with van der Waals surface area (Å²) in [4.78, 5) is 2.44. The predicted octanol–water partition coefficient (Wildman–Crippen LogP) is 17.7. The molecule has 0 saturated carbocycles. The zero-order chi connectivity index (χ0) is 42.4. The largest absolute Gasteiger partial charge is 0.355 e. The summed E-state index contributed by atoms with van der Waals surface area (Å²) in [6.07, 6.45) is 0. The Balaban J connectivity index is 1.13. The van der Waals surface area contributed by atoms with Gasteiger partial charge in [-0.25, -0.2) is 0 Å². The molecule has 12 aromatic rings. The Bertz CT molecular complexity index is 3680. The van der Waals surface area contributed by atoms with Crippen LogP contribution in [-0.2, 0) is 0 Å². The third-order valence-electron chi connectivity index (χ3n) is 12.7. The van der Waals surface area contributed by atoms with E-state index in [0.717, 1.165) is 28.4 Å².